The third kappa shape index (κ3) is 3.68. The fourth-order valence-corrected chi connectivity index (χ4v) is 3.74. The van der Waals surface area contributed by atoms with E-state index in [1.54, 1.807) is 0 Å². The van der Waals surface area contributed by atoms with Gasteiger partial charge >= 0.3 is 0 Å². The van der Waals surface area contributed by atoms with E-state index in [2.05, 4.69) is 4.90 Å². The highest BCUT2D eigenvalue weighted by Crippen LogP contribution is 2.24. The van der Waals surface area contributed by atoms with E-state index in [-0.39, 0.29) is 11.9 Å². The van der Waals surface area contributed by atoms with E-state index < -0.39 is 0 Å². The summed E-state index contributed by atoms with van der Waals surface area (Å²) in [5, 5.41) is 0. The minimum absolute atomic E-state index is 0.193. The van der Waals surface area contributed by atoms with Crippen molar-refractivity contribution in [3.63, 3.8) is 0 Å². The van der Waals surface area contributed by atoms with Gasteiger partial charge in [0.15, 0.2) is 0 Å². The van der Waals surface area contributed by atoms with Crippen molar-refractivity contribution in [2.24, 2.45) is 5.73 Å². The Morgan fingerprint density at radius 2 is 1.73 bits per heavy atom. The molecule has 2 N–H and O–H groups in total. The molecule has 1 saturated heterocycles. The molecule has 22 heavy (non-hydrogen) atoms. The molecule has 1 atom stereocenters. The van der Waals surface area contributed by atoms with E-state index in [0.717, 1.165) is 37.8 Å². The van der Waals surface area contributed by atoms with Crippen LogP contribution in [0, 0.1) is 0 Å². The number of carbonyl (C=O) groups excluding carboxylic acids is 1. The number of nitrogens with two attached hydrogens (primary N) is 1. The molecular formula is C18H27N3O. The third-order valence-electron chi connectivity index (χ3n) is 5.13. The lowest BCUT2D eigenvalue weighted by Crippen LogP contribution is -2.51. The molecule has 3 rings (SSSR count). The molecule has 120 valence electrons. The van der Waals surface area contributed by atoms with Crippen LogP contribution < -0.4 is 5.73 Å². The van der Waals surface area contributed by atoms with Gasteiger partial charge in [0.1, 0.15) is 0 Å². The van der Waals surface area contributed by atoms with Gasteiger partial charge in [0.2, 0.25) is 5.91 Å². The Labute approximate surface area is 133 Å². The van der Waals surface area contributed by atoms with Crippen molar-refractivity contribution in [2.45, 2.75) is 44.2 Å². The maximum Gasteiger partial charge on any atom is 0.224 e. The van der Waals surface area contributed by atoms with Crippen LogP contribution in [0.15, 0.2) is 30.3 Å². The van der Waals surface area contributed by atoms with E-state index in [4.69, 9.17) is 5.73 Å². The molecule has 0 aromatic heterocycles. The Balaban J connectivity index is 1.47. The van der Waals surface area contributed by atoms with Crippen LogP contribution in [0.4, 0.5) is 0 Å². The molecule has 1 aliphatic carbocycles. The summed E-state index contributed by atoms with van der Waals surface area (Å²) < 4.78 is 0. The molecule has 1 aromatic rings. The zero-order valence-corrected chi connectivity index (χ0v) is 13.3. The van der Waals surface area contributed by atoms with Crippen molar-refractivity contribution in [2.75, 3.05) is 26.2 Å². The van der Waals surface area contributed by atoms with E-state index in [0.29, 0.717) is 6.42 Å². The second-order valence-corrected chi connectivity index (χ2v) is 6.58. The fraction of sp³-hybridized carbons (Fsp3) is 0.611. The van der Waals surface area contributed by atoms with Crippen molar-refractivity contribution >= 4 is 5.91 Å². The van der Waals surface area contributed by atoms with Crippen molar-refractivity contribution in [3.8, 4) is 0 Å². The molecule has 4 nitrogen and oxygen atoms in total. The minimum Gasteiger partial charge on any atom is -0.340 e. The number of amides is 1. The van der Waals surface area contributed by atoms with Crippen LogP contribution in [0.2, 0.25) is 0 Å². The van der Waals surface area contributed by atoms with Gasteiger partial charge in [0.25, 0.3) is 0 Å². The first-order valence-electron chi connectivity index (χ1n) is 8.56. The number of hydrogen-bond donors (Lipinski definition) is 1. The van der Waals surface area contributed by atoms with Crippen LogP contribution in [-0.4, -0.2) is 47.9 Å². The van der Waals surface area contributed by atoms with Crippen LogP contribution in [0.3, 0.4) is 0 Å². The summed E-state index contributed by atoms with van der Waals surface area (Å²) in [6.45, 7) is 3.77. The van der Waals surface area contributed by atoms with E-state index in [9.17, 15) is 4.79 Å². The van der Waals surface area contributed by atoms with Gasteiger partial charge < -0.3 is 10.6 Å². The molecule has 1 saturated carbocycles. The lowest BCUT2D eigenvalue weighted by atomic mass is 10.0. The lowest BCUT2D eigenvalue weighted by Gasteiger charge is -2.38. The monoisotopic (exact) mass is 301 g/mol. The Kier molecular flexibility index (Phi) is 5.11. The largest absolute Gasteiger partial charge is 0.340 e. The third-order valence-corrected chi connectivity index (χ3v) is 5.13. The number of piperazine rings is 1. The summed E-state index contributed by atoms with van der Waals surface area (Å²) in [7, 11) is 0. The van der Waals surface area contributed by atoms with Crippen molar-refractivity contribution in [1.82, 2.24) is 9.80 Å². The molecule has 2 aliphatic rings. The van der Waals surface area contributed by atoms with Crippen LogP contribution in [0.1, 0.15) is 43.7 Å². The van der Waals surface area contributed by atoms with Crippen molar-refractivity contribution in [3.05, 3.63) is 35.9 Å². The maximum absolute atomic E-state index is 12.4. The first-order valence-corrected chi connectivity index (χ1v) is 8.56. The average molecular weight is 301 g/mol. The van der Waals surface area contributed by atoms with Gasteiger partial charge in [-0.2, -0.15) is 0 Å². The molecule has 1 heterocycles. The highest BCUT2D eigenvalue weighted by Gasteiger charge is 2.28. The Morgan fingerprint density at radius 3 is 2.36 bits per heavy atom. The van der Waals surface area contributed by atoms with Crippen LogP contribution >= 0.6 is 0 Å². The zero-order chi connectivity index (χ0) is 15.4. The number of rotatable bonds is 4. The van der Waals surface area contributed by atoms with Gasteiger partial charge in [-0.1, -0.05) is 43.2 Å². The maximum atomic E-state index is 12.4. The molecule has 1 aliphatic heterocycles. The van der Waals surface area contributed by atoms with Gasteiger partial charge in [0.05, 0.1) is 0 Å². The lowest BCUT2D eigenvalue weighted by molar-refractivity contribution is -0.133. The predicted molar refractivity (Wildman–Crippen MR) is 88.4 cm³/mol. The minimum atomic E-state index is -0.193. The van der Waals surface area contributed by atoms with Crippen molar-refractivity contribution in [1.29, 1.82) is 0 Å². The fourth-order valence-electron chi connectivity index (χ4n) is 3.74. The standard InChI is InChI=1S/C18H27N3O/c19-17(15-6-2-1-3-7-15)14-18(22)21-12-10-20(11-13-21)16-8-4-5-9-16/h1-3,6-7,16-17H,4-5,8-14,19H2. The molecular weight excluding hydrogens is 274 g/mol. The molecule has 0 spiro atoms. The SMILES string of the molecule is NC(CC(=O)N1CCN(C2CCCC2)CC1)c1ccccc1. The molecule has 0 bridgehead atoms. The van der Waals surface area contributed by atoms with Crippen LogP contribution in [0.25, 0.3) is 0 Å². The average Bonchev–Trinajstić information content (AvgIpc) is 3.10. The highest BCUT2D eigenvalue weighted by molar-refractivity contribution is 5.77. The van der Waals surface area contributed by atoms with Crippen molar-refractivity contribution < 1.29 is 4.79 Å². The number of carbonyl (C=O) groups is 1. The summed E-state index contributed by atoms with van der Waals surface area (Å²) in [6.07, 6.45) is 5.83. The number of hydrogen-bond acceptors (Lipinski definition) is 3. The first kappa shape index (κ1) is 15.5. The summed E-state index contributed by atoms with van der Waals surface area (Å²) in [4.78, 5) is 17.0. The molecule has 2 fully saturated rings. The quantitative estimate of drug-likeness (QED) is 0.927. The smallest absolute Gasteiger partial charge is 0.224 e. The van der Waals surface area contributed by atoms with Gasteiger partial charge in [-0.15, -0.1) is 0 Å². The molecule has 1 unspecified atom stereocenters. The number of nitrogens with zero attached hydrogens (tertiary/aromatic N) is 2. The number of benzene rings is 1. The second kappa shape index (κ2) is 7.25. The van der Waals surface area contributed by atoms with Crippen LogP contribution in [0.5, 0.6) is 0 Å². The zero-order valence-electron chi connectivity index (χ0n) is 13.3. The molecule has 4 heteroatoms. The second-order valence-electron chi connectivity index (χ2n) is 6.58. The van der Waals surface area contributed by atoms with Gasteiger partial charge in [-0.3, -0.25) is 9.69 Å². The molecule has 1 amide bonds. The first-order chi connectivity index (χ1) is 10.7. The van der Waals surface area contributed by atoms with Gasteiger partial charge in [0, 0.05) is 44.7 Å². The summed E-state index contributed by atoms with van der Waals surface area (Å²) in [5.74, 6) is 0.197. The Morgan fingerprint density at radius 1 is 1.09 bits per heavy atom. The van der Waals surface area contributed by atoms with E-state index in [1.807, 2.05) is 35.2 Å². The Hall–Kier alpha value is -1.39. The molecule has 1 aromatic carbocycles. The van der Waals surface area contributed by atoms with E-state index >= 15 is 0 Å². The van der Waals surface area contributed by atoms with E-state index in [1.165, 1.54) is 25.7 Å². The highest BCUT2D eigenvalue weighted by atomic mass is 16.2. The van der Waals surface area contributed by atoms with Crippen LogP contribution in [-0.2, 0) is 4.79 Å². The Bertz CT molecular complexity index is 476. The van der Waals surface area contributed by atoms with Gasteiger partial charge in [-0.25, -0.2) is 0 Å². The molecule has 0 radical (unpaired) electrons. The predicted octanol–water partition coefficient (Wildman–Crippen LogP) is 2.16. The summed E-state index contributed by atoms with van der Waals surface area (Å²) >= 11 is 0. The topological polar surface area (TPSA) is 49.6 Å². The normalized spacial score (nSPS) is 22.0. The summed E-state index contributed by atoms with van der Waals surface area (Å²) in [6, 6.07) is 10.5. The summed E-state index contributed by atoms with van der Waals surface area (Å²) in [5.41, 5.74) is 7.21. The van der Waals surface area contributed by atoms with Gasteiger partial charge in [-0.05, 0) is 18.4 Å².